The molecule has 0 saturated heterocycles. The molecule has 0 aliphatic carbocycles. The fourth-order valence-electron chi connectivity index (χ4n) is 4.42. The number of aliphatic hydroxyl groups excluding tert-OH is 1. The zero-order valence-corrected chi connectivity index (χ0v) is 28.9. The fourth-order valence-corrected chi connectivity index (χ4v) is 4.42. The van der Waals surface area contributed by atoms with Crippen molar-refractivity contribution in [2.24, 2.45) is 29.0 Å². The van der Waals surface area contributed by atoms with Gasteiger partial charge in [0.15, 0.2) is 0 Å². The molecule has 284 valence electrons. The number of carbonyl (C=O) groups is 9. The summed E-state index contributed by atoms with van der Waals surface area (Å²) in [5.41, 5.74) is 16.1. The number of aliphatic carboxylic acids is 2. The smallest absolute Gasteiger partial charge is 0.326 e. The number of nitrogens with one attached hydrogen (secondary N) is 5. The molecule has 20 nitrogen and oxygen atoms in total. The number of hydrogen-bond donors (Lipinski definition) is 11. The minimum absolute atomic E-state index is 0.0189. The summed E-state index contributed by atoms with van der Waals surface area (Å²) < 4.78 is 0. The number of carbonyl (C=O) groups excluding carboxylic acids is 7. The van der Waals surface area contributed by atoms with Crippen molar-refractivity contribution in [1.29, 1.82) is 0 Å². The van der Waals surface area contributed by atoms with Crippen molar-refractivity contribution in [3.05, 3.63) is 0 Å². The number of nitrogens with two attached hydrogens (primary N) is 3. The quantitative estimate of drug-likeness (QED) is 0.0459. The Balaban J connectivity index is 6.31. The first-order valence-corrected chi connectivity index (χ1v) is 16.0. The van der Waals surface area contributed by atoms with Crippen LogP contribution in [0.3, 0.4) is 0 Å². The number of hydrogen-bond acceptors (Lipinski definition) is 11. The van der Waals surface area contributed by atoms with Crippen LogP contribution >= 0.6 is 0 Å². The van der Waals surface area contributed by atoms with Crippen LogP contribution in [-0.4, -0.2) is 111 Å². The largest absolute Gasteiger partial charge is 0.481 e. The SMILES string of the molecule is CC(C)C[C@H](NC(=O)[C@H](CCC(=O)O)NC(=O)[C@H](CCC(N)=O)NC(=O)[C@H](CCC(N)=O)NC(=O)[C@@H](NC(=O)[C@@H](N)[C@@H](C)O)C(C)C)C(=O)O. The molecule has 0 aromatic carbocycles. The van der Waals surface area contributed by atoms with E-state index in [1.165, 1.54) is 6.92 Å². The second kappa shape index (κ2) is 22.0. The molecule has 0 fully saturated rings. The van der Waals surface area contributed by atoms with Crippen molar-refractivity contribution >= 4 is 53.3 Å². The third kappa shape index (κ3) is 17.5. The summed E-state index contributed by atoms with van der Waals surface area (Å²) in [5, 5.41) is 40.0. The lowest BCUT2D eigenvalue weighted by Crippen LogP contribution is -2.60. The molecule has 0 bridgehead atoms. The van der Waals surface area contributed by atoms with Gasteiger partial charge in [0, 0.05) is 19.3 Å². The number of rotatable bonds is 24. The summed E-state index contributed by atoms with van der Waals surface area (Å²) >= 11 is 0. The van der Waals surface area contributed by atoms with E-state index < -0.39 is 134 Å². The Hall–Kier alpha value is -4.85. The number of carboxylic acids is 2. The molecule has 0 radical (unpaired) electrons. The zero-order chi connectivity index (χ0) is 38.9. The van der Waals surface area contributed by atoms with Gasteiger partial charge in [0.25, 0.3) is 0 Å². The van der Waals surface area contributed by atoms with Gasteiger partial charge < -0.3 is 59.1 Å². The molecule has 20 heteroatoms. The average molecular weight is 717 g/mol. The second-order valence-electron chi connectivity index (χ2n) is 12.7. The summed E-state index contributed by atoms with van der Waals surface area (Å²) in [7, 11) is 0. The van der Waals surface area contributed by atoms with Gasteiger partial charge in [0.2, 0.25) is 41.4 Å². The summed E-state index contributed by atoms with van der Waals surface area (Å²) in [5.74, 6) is -10.0. The zero-order valence-electron chi connectivity index (χ0n) is 28.9. The minimum Gasteiger partial charge on any atom is -0.481 e. The molecule has 0 aliphatic heterocycles. The molecule has 7 amide bonds. The standard InChI is InChI=1S/C30H52N8O12/c1-13(2)12-19(30(49)50)37-27(46)18(8-11-22(42)43)35-25(44)16(6-9-20(31)40)34-26(45)17(7-10-21(32)41)36-29(48)24(14(3)4)38-28(47)23(33)15(5)39/h13-19,23-24,39H,6-12,33H2,1-5H3,(H2,31,40)(H2,32,41)(H,34,45)(H,35,44)(H,36,48)(H,37,46)(H,38,47)(H,42,43)(H,49,50)/t15-,16+,17+,18+,19+,23+,24+/m1/s1. The van der Waals surface area contributed by atoms with Gasteiger partial charge in [0.1, 0.15) is 36.3 Å². The van der Waals surface area contributed by atoms with Gasteiger partial charge in [-0.25, -0.2) is 4.79 Å². The number of aliphatic hydroxyl groups is 1. The van der Waals surface area contributed by atoms with Crippen molar-refractivity contribution in [2.75, 3.05) is 0 Å². The molecule has 0 saturated carbocycles. The normalized spacial score (nSPS) is 15.3. The third-order valence-electron chi connectivity index (χ3n) is 7.30. The van der Waals surface area contributed by atoms with Gasteiger partial charge in [-0.3, -0.25) is 38.4 Å². The van der Waals surface area contributed by atoms with E-state index >= 15 is 0 Å². The van der Waals surface area contributed by atoms with E-state index in [4.69, 9.17) is 17.2 Å². The molecule has 0 rings (SSSR count). The van der Waals surface area contributed by atoms with Gasteiger partial charge in [-0.2, -0.15) is 0 Å². The first-order chi connectivity index (χ1) is 23.1. The Morgan fingerprint density at radius 3 is 1.26 bits per heavy atom. The highest BCUT2D eigenvalue weighted by Gasteiger charge is 2.34. The van der Waals surface area contributed by atoms with E-state index in [0.717, 1.165) is 0 Å². The maximum Gasteiger partial charge on any atom is 0.326 e. The number of carboxylic acid groups (broad SMARTS) is 2. The van der Waals surface area contributed by atoms with Gasteiger partial charge in [-0.15, -0.1) is 0 Å². The summed E-state index contributed by atoms with van der Waals surface area (Å²) in [6.07, 6.45) is -4.00. The molecule has 7 atom stereocenters. The average Bonchev–Trinajstić information content (AvgIpc) is 2.99. The van der Waals surface area contributed by atoms with Crippen LogP contribution < -0.4 is 43.8 Å². The first-order valence-electron chi connectivity index (χ1n) is 16.0. The van der Waals surface area contributed by atoms with Crippen LogP contribution in [0.1, 0.15) is 79.6 Å². The van der Waals surface area contributed by atoms with Crippen LogP contribution in [0.2, 0.25) is 0 Å². The van der Waals surface area contributed by atoms with E-state index in [1.54, 1.807) is 27.7 Å². The molecular weight excluding hydrogens is 664 g/mol. The minimum atomic E-state index is -1.61. The van der Waals surface area contributed by atoms with Crippen LogP contribution in [0.25, 0.3) is 0 Å². The Labute approximate surface area is 289 Å². The molecule has 0 spiro atoms. The Kier molecular flexibility index (Phi) is 19.9. The Morgan fingerprint density at radius 2 is 0.940 bits per heavy atom. The maximum atomic E-state index is 13.5. The van der Waals surface area contributed by atoms with Crippen LogP contribution in [0, 0.1) is 11.8 Å². The molecule has 0 aromatic rings. The third-order valence-corrected chi connectivity index (χ3v) is 7.30. The predicted molar refractivity (Wildman–Crippen MR) is 175 cm³/mol. The molecule has 50 heavy (non-hydrogen) atoms. The van der Waals surface area contributed by atoms with E-state index in [0.29, 0.717) is 0 Å². The first kappa shape index (κ1) is 45.2. The van der Waals surface area contributed by atoms with Crippen molar-refractivity contribution in [2.45, 2.75) is 122 Å². The van der Waals surface area contributed by atoms with Gasteiger partial charge in [-0.1, -0.05) is 27.7 Å². The second-order valence-corrected chi connectivity index (χ2v) is 12.7. The van der Waals surface area contributed by atoms with Crippen LogP contribution in [0.15, 0.2) is 0 Å². The van der Waals surface area contributed by atoms with E-state index in [9.17, 15) is 58.5 Å². The van der Waals surface area contributed by atoms with Crippen molar-refractivity contribution in [1.82, 2.24) is 26.6 Å². The molecule has 0 aromatic heterocycles. The fraction of sp³-hybridized carbons (Fsp3) is 0.700. The highest BCUT2D eigenvalue weighted by atomic mass is 16.4. The molecule has 14 N–H and O–H groups in total. The van der Waals surface area contributed by atoms with Gasteiger partial charge in [-0.05, 0) is 44.4 Å². The van der Waals surface area contributed by atoms with Gasteiger partial charge in [0.05, 0.1) is 6.10 Å². The van der Waals surface area contributed by atoms with Crippen molar-refractivity contribution in [3.63, 3.8) is 0 Å². The van der Waals surface area contributed by atoms with Crippen molar-refractivity contribution < 1.29 is 58.5 Å². The van der Waals surface area contributed by atoms with E-state index in [2.05, 4.69) is 26.6 Å². The molecular formula is C30H52N8O12. The van der Waals surface area contributed by atoms with Crippen LogP contribution in [0.4, 0.5) is 0 Å². The maximum absolute atomic E-state index is 13.5. The number of primary amides is 2. The molecule has 0 unspecified atom stereocenters. The lowest BCUT2D eigenvalue weighted by atomic mass is 10.0. The van der Waals surface area contributed by atoms with Crippen LogP contribution in [0.5, 0.6) is 0 Å². The Morgan fingerprint density at radius 1 is 0.560 bits per heavy atom. The van der Waals surface area contributed by atoms with E-state index in [-0.39, 0.29) is 18.8 Å². The van der Waals surface area contributed by atoms with E-state index in [1.807, 2.05) is 0 Å². The van der Waals surface area contributed by atoms with Crippen molar-refractivity contribution in [3.8, 4) is 0 Å². The van der Waals surface area contributed by atoms with Gasteiger partial charge >= 0.3 is 11.9 Å². The molecule has 0 aliphatic rings. The highest BCUT2D eigenvalue weighted by Crippen LogP contribution is 2.10. The summed E-state index contributed by atoms with van der Waals surface area (Å²) in [6.45, 7) is 7.83. The lowest BCUT2D eigenvalue weighted by Gasteiger charge is -2.28. The monoisotopic (exact) mass is 716 g/mol. The molecule has 0 heterocycles. The highest BCUT2D eigenvalue weighted by molar-refractivity contribution is 5.97. The Bertz CT molecular complexity index is 1240. The lowest BCUT2D eigenvalue weighted by molar-refractivity contribution is -0.143. The topological polar surface area (TPSA) is 353 Å². The number of amides is 7. The summed E-state index contributed by atoms with van der Waals surface area (Å²) in [4.78, 5) is 112. The summed E-state index contributed by atoms with van der Waals surface area (Å²) in [6, 6.07) is -8.76. The van der Waals surface area contributed by atoms with Crippen LogP contribution in [-0.2, 0) is 43.2 Å². The predicted octanol–water partition coefficient (Wildman–Crippen LogP) is -3.70.